The van der Waals surface area contributed by atoms with Crippen LogP contribution in [-0.2, 0) is 10.0 Å². The molecule has 1 aliphatic carbocycles. The van der Waals surface area contributed by atoms with Crippen LogP contribution >= 0.6 is 15.9 Å². The summed E-state index contributed by atoms with van der Waals surface area (Å²) in [6, 6.07) is 2.48. The number of benzene rings is 1. The quantitative estimate of drug-likeness (QED) is 0.784. The molecule has 0 aliphatic heterocycles. The number of carboxylic acids is 1. The average Bonchev–Trinajstić information content (AvgIpc) is 3.22. The number of halogens is 1. The van der Waals surface area contributed by atoms with E-state index in [0.29, 0.717) is 10.0 Å². The molecule has 2 rings (SSSR count). The van der Waals surface area contributed by atoms with Crippen molar-refractivity contribution in [3.05, 3.63) is 27.7 Å². The van der Waals surface area contributed by atoms with Crippen molar-refractivity contribution >= 4 is 31.9 Å². The minimum absolute atomic E-state index is 0.0148. The molecule has 0 heterocycles. The maximum absolute atomic E-state index is 12.6. The van der Waals surface area contributed by atoms with Gasteiger partial charge >= 0.3 is 5.97 Å². The smallest absolute Gasteiger partial charge is 0.336 e. The Kier molecular flexibility index (Phi) is 4.72. The van der Waals surface area contributed by atoms with Gasteiger partial charge in [0.05, 0.1) is 17.1 Å². The molecule has 2 N–H and O–H groups in total. The van der Waals surface area contributed by atoms with Crippen LogP contribution in [0.15, 0.2) is 21.5 Å². The fraction of sp³-hybridized carbons (Fsp3) is 0.462. The first kappa shape index (κ1) is 16.4. The highest BCUT2D eigenvalue weighted by atomic mass is 79.9. The number of carboxylic acid groups (broad SMARTS) is 1. The molecule has 8 heteroatoms. The number of sulfonamides is 1. The normalized spacial score (nSPS) is 15.4. The highest BCUT2D eigenvalue weighted by Crippen LogP contribution is 2.33. The van der Waals surface area contributed by atoms with E-state index >= 15 is 0 Å². The number of aromatic carboxylic acids is 1. The summed E-state index contributed by atoms with van der Waals surface area (Å²) < 4.78 is 27.0. The van der Waals surface area contributed by atoms with E-state index in [1.807, 2.05) is 0 Å². The number of aliphatic hydroxyl groups excluding tert-OH is 1. The third-order valence-electron chi connectivity index (χ3n) is 3.43. The molecule has 0 radical (unpaired) electrons. The van der Waals surface area contributed by atoms with Gasteiger partial charge in [-0.25, -0.2) is 13.2 Å². The van der Waals surface area contributed by atoms with Crippen LogP contribution in [-0.4, -0.2) is 48.1 Å². The molecule has 1 saturated carbocycles. The monoisotopic (exact) mass is 377 g/mol. The summed E-state index contributed by atoms with van der Waals surface area (Å²) in [7, 11) is -3.82. The van der Waals surface area contributed by atoms with Crippen LogP contribution in [0.1, 0.15) is 28.8 Å². The molecule has 0 atom stereocenters. The van der Waals surface area contributed by atoms with E-state index in [-0.39, 0.29) is 29.7 Å². The Morgan fingerprint density at radius 2 is 2.05 bits per heavy atom. The average molecular weight is 378 g/mol. The summed E-state index contributed by atoms with van der Waals surface area (Å²) in [5.74, 6) is -1.18. The minimum Gasteiger partial charge on any atom is -0.478 e. The highest BCUT2D eigenvalue weighted by molar-refractivity contribution is 9.10. The van der Waals surface area contributed by atoms with Crippen molar-refractivity contribution in [3.63, 3.8) is 0 Å². The van der Waals surface area contributed by atoms with Gasteiger partial charge in [-0.3, -0.25) is 0 Å². The van der Waals surface area contributed by atoms with Gasteiger partial charge in [-0.05, 0) is 37.5 Å². The summed E-state index contributed by atoms with van der Waals surface area (Å²) in [6.07, 6.45) is 1.52. The first-order valence-electron chi connectivity index (χ1n) is 6.45. The zero-order valence-corrected chi connectivity index (χ0v) is 13.8. The van der Waals surface area contributed by atoms with Gasteiger partial charge < -0.3 is 10.2 Å². The molecule has 1 aliphatic rings. The van der Waals surface area contributed by atoms with Crippen molar-refractivity contribution in [3.8, 4) is 0 Å². The SMILES string of the molecule is Cc1c(Br)cc(S(=O)(=O)N(CCO)C2CC2)cc1C(=O)O. The van der Waals surface area contributed by atoms with Crippen LogP contribution in [0.4, 0.5) is 0 Å². The Morgan fingerprint density at radius 3 is 2.52 bits per heavy atom. The van der Waals surface area contributed by atoms with Gasteiger partial charge in [0.1, 0.15) is 0 Å². The van der Waals surface area contributed by atoms with Crippen LogP contribution in [0.25, 0.3) is 0 Å². The van der Waals surface area contributed by atoms with Gasteiger partial charge in [-0.2, -0.15) is 4.31 Å². The van der Waals surface area contributed by atoms with Crippen LogP contribution in [0, 0.1) is 6.92 Å². The van der Waals surface area contributed by atoms with Crippen molar-refractivity contribution in [1.82, 2.24) is 4.31 Å². The number of nitrogens with zero attached hydrogens (tertiary/aromatic N) is 1. The molecule has 1 fully saturated rings. The molecule has 0 bridgehead atoms. The Balaban J connectivity index is 2.51. The second-order valence-electron chi connectivity index (χ2n) is 4.95. The van der Waals surface area contributed by atoms with Gasteiger partial charge in [0, 0.05) is 17.1 Å². The van der Waals surface area contributed by atoms with Crippen molar-refractivity contribution < 1.29 is 23.4 Å². The molecule has 0 saturated heterocycles. The largest absolute Gasteiger partial charge is 0.478 e. The Bertz CT molecular complexity index is 669. The fourth-order valence-electron chi connectivity index (χ4n) is 2.12. The van der Waals surface area contributed by atoms with E-state index in [1.54, 1.807) is 6.92 Å². The maximum Gasteiger partial charge on any atom is 0.336 e. The van der Waals surface area contributed by atoms with E-state index in [9.17, 15) is 18.3 Å². The molecular weight excluding hydrogens is 362 g/mol. The summed E-state index contributed by atoms with van der Waals surface area (Å²) in [6.45, 7) is 1.35. The highest BCUT2D eigenvalue weighted by Gasteiger charge is 2.38. The number of hydrogen-bond donors (Lipinski definition) is 2. The van der Waals surface area contributed by atoms with Crippen molar-refractivity contribution in [2.75, 3.05) is 13.2 Å². The second-order valence-corrected chi connectivity index (χ2v) is 7.70. The topological polar surface area (TPSA) is 94.9 Å². The summed E-state index contributed by atoms with van der Waals surface area (Å²) in [5, 5.41) is 18.2. The summed E-state index contributed by atoms with van der Waals surface area (Å²) >= 11 is 3.20. The van der Waals surface area contributed by atoms with E-state index in [1.165, 1.54) is 16.4 Å². The van der Waals surface area contributed by atoms with Gasteiger partial charge in [0.25, 0.3) is 0 Å². The molecule has 1 aromatic rings. The molecule has 21 heavy (non-hydrogen) atoms. The lowest BCUT2D eigenvalue weighted by atomic mass is 10.1. The summed E-state index contributed by atoms with van der Waals surface area (Å²) in [4.78, 5) is 11.2. The standard InChI is InChI=1S/C13H16BrNO5S/c1-8-11(13(17)18)6-10(7-12(8)14)21(19,20)15(4-5-16)9-2-3-9/h6-7,9,16H,2-5H2,1H3,(H,17,18). The van der Waals surface area contributed by atoms with Gasteiger partial charge in [0.15, 0.2) is 0 Å². The first-order chi connectivity index (χ1) is 9.78. The molecule has 6 nitrogen and oxygen atoms in total. The molecule has 0 amide bonds. The van der Waals surface area contributed by atoms with Gasteiger partial charge in [-0.15, -0.1) is 0 Å². The zero-order valence-electron chi connectivity index (χ0n) is 11.4. The van der Waals surface area contributed by atoms with E-state index < -0.39 is 16.0 Å². The van der Waals surface area contributed by atoms with Crippen molar-refractivity contribution in [2.45, 2.75) is 30.7 Å². The van der Waals surface area contributed by atoms with Gasteiger partial charge in [-0.1, -0.05) is 15.9 Å². The number of aliphatic hydroxyl groups is 1. The molecule has 116 valence electrons. The van der Waals surface area contributed by atoms with Gasteiger partial charge in [0.2, 0.25) is 10.0 Å². The van der Waals surface area contributed by atoms with Crippen LogP contribution in [0.3, 0.4) is 0 Å². The van der Waals surface area contributed by atoms with Crippen LogP contribution in [0.2, 0.25) is 0 Å². The maximum atomic E-state index is 12.6. The molecule has 0 aromatic heterocycles. The number of rotatable bonds is 6. The minimum atomic E-state index is -3.82. The summed E-state index contributed by atoms with van der Waals surface area (Å²) in [5.41, 5.74) is 0.421. The Morgan fingerprint density at radius 1 is 1.43 bits per heavy atom. The van der Waals surface area contributed by atoms with E-state index in [0.717, 1.165) is 12.8 Å². The predicted octanol–water partition coefficient (Wildman–Crippen LogP) is 1.60. The number of carbonyl (C=O) groups is 1. The van der Waals surface area contributed by atoms with Crippen LogP contribution in [0.5, 0.6) is 0 Å². The van der Waals surface area contributed by atoms with E-state index in [2.05, 4.69) is 15.9 Å². The zero-order chi connectivity index (χ0) is 15.8. The lowest BCUT2D eigenvalue weighted by Gasteiger charge is -2.21. The molecule has 0 spiro atoms. The molecular formula is C13H16BrNO5S. The lowest BCUT2D eigenvalue weighted by Crippen LogP contribution is -2.35. The Hall–Kier alpha value is -0.960. The second kappa shape index (κ2) is 6.04. The Labute approximate surface area is 131 Å². The van der Waals surface area contributed by atoms with Crippen molar-refractivity contribution in [2.24, 2.45) is 0 Å². The predicted molar refractivity (Wildman–Crippen MR) is 79.8 cm³/mol. The molecule has 1 aromatic carbocycles. The van der Waals surface area contributed by atoms with E-state index in [4.69, 9.17) is 5.11 Å². The lowest BCUT2D eigenvalue weighted by molar-refractivity contribution is 0.0695. The third kappa shape index (κ3) is 3.28. The molecule has 0 unspecified atom stereocenters. The third-order valence-corrected chi connectivity index (χ3v) is 6.18. The fourth-order valence-corrected chi connectivity index (χ4v) is 4.46. The van der Waals surface area contributed by atoms with Crippen molar-refractivity contribution in [1.29, 1.82) is 0 Å². The van der Waals surface area contributed by atoms with Crippen LogP contribution < -0.4 is 0 Å². The number of hydrogen-bond acceptors (Lipinski definition) is 4. The first-order valence-corrected chi connectivity index (χ1v) is 8.68.